The standard InChI is InChI=1S/C26H33N3O5S/c1-18(2)14-25(30)29-17-21-7-5-4-6-20(21)15-23(29)26(31)27-22-9-8-19(3)24(16-22)35(32,33)28-10-12-34-13-11-28/h4-9,16,18,23H,10-15,17H2,1-3H3,(H,27,31). The van der Waals surface area contributed by atoms with Gasteiger partial charge >= 0.3 is 0 Å². The Hall–Kier alpha value is -2.75. The molecule has 0 saturated carbocycles. The molecule has 1 saturated heterocycles. The zero-order valence-electron chi connectivity index (χ0n) is 20.5. The van der Waals surface area contributed by atoms with Crippen LogP contribution in [0.5, 0.6) is 0 Å². The minimum Gasteiger partial charge on any atom is -0.379 e. The van der Waals surface area contributed by atoms with Crippen LogP contribution >= 0.6 is 0 Å². The fourth-order valence-corrected chi connectivity index (χ4v) is 6.25. The summed E-state index contributed by atoms with van der Waals surface area (Å²) in [5, 5.41) is 2.88. The lowest BCUT2D eigenvalue weighted by atomic mass is 9.92. The number of amides is 2. The maximum Gasteiger partial charge on any atom is 0.247 e. The molecule has 2 aromatic rings. The van der Waals surface area contributed by atoms with Gasteiger partial charge in [-0.05, 0) is 41.7 Å². The fraction of sp³-hybridized carbons (Fsp3) is 0.462. The molecule has 2 aliphatic rings. The number of anilines is 1. The summed E-state index contributed by atoms with van der Waals surface area (Å²) in [6.45, 7) is 7.39. The molecule has 9 heteroatoms. The van der Waals surface area contributed by atoms with Crippen LogP contribution < -0.4 is 5.32 Å². The molecule has 4 rings (SSSR count). The highest BCUT2D eigenvalue weighted by Gasteiger charge is 2.35. The largest absolute Gasteiger partial charge is 0.379 e. The summed E-state index contributed by atoms with van der Waals surface area (Å²) < 4.78 is 33.2. The van der Waals surface area contributed by atoms with Crippen LogP contribution in [0.3, 0.4) is 0 Å². The number of ether oxygens (including phenoxy) is 1. The van der Waals surface area contributed by atoms with E-state index in [0.29, 0.717) is 56.9 Å². The third kappa shape index (κ3) is 5.58. The van der Waals surface area contributed by atoms with E-state index >= 15 is 0 Å². The highest BCUT2D eigenvalue weighted by Crippen LogP contribution is 2.28. The van der Waals surface area contributed by atoms with Gasteiger partial charge in [0.2, 0.25) is 21.8 Å². The SMILES string of the molecule is Cc1ccc(NC(=O)C2Cc3ccccc3CN2C(=O)CC(C)C)cc1S(=O)(=O)N1CCOCC1. The van der Waals surface area contributed by atoms with Crippen molar-refractivity contribution < 1.29 is 22.7 Å². The van der Waals surface area contributed by atoms with Crippen LogP contribution in [0.15, 0.2) is 47.4 Å². The van der Waals surface area contributed by atoms with Crippen molar-refractivity contribution in [1.29, 1.82) is 0 Å². The van der Waals surface area contributed by atoms with Crippen LogP contribution in [0.4, 0.5) is 5.69 Å². The monoisotopic (exact) mass is 499 g/mol. The molecular formula is C26H33N3O5S. The number of fused-ring (bicyclic) bond motifs is 1. The van der Waals surface area contributed by atoms with Gasteiger partial charge in [-0.2, -0.15) is 4.31 Å². The Balaban J connectivity index is 1.59. The van der Waals surface area contributed by atoms with Gasteiger partial charge < -0.3 is 15.0 Å². The van der Waals surface area contributed by atoms with Crippen LogP contribution in [0, 0.1) is 12.8 Å². The number of nitrogens with one attached hydrogen (secondary N) is 1. The van der Waals surface area contributed by atoms with Crippen molar-refractivity contribution in [2.45, 2.75) is 51.1 Å². The van der Waals surface area contributed by atoms with E-state index < -0.39 is 16.1 Å². The summed E-state index contributed by atoms with van der Waals surface area (Å²) in [5.74, 6) is -0.210. The van der Waals surface area contributed by atoms with Crippen LogP contribution in [0.2, 0.25) is 0 Å². The van der Waals surface area contributed by atoms with Crippen molar-refractivity contribution in [3.63, 3.8) is 0 Å². The Kier molecular flexibility index (Phi) is 7.59. The van der Waals surface area contributed by atoms with Gasteiger partial charge in [-0.3, -0.25) is 9.59 Å². The Bertz CT molecular complexity index is 1210. The lowest BCUT2D eigenvalue weighted by Crippen LogP contribution is -2.50. The van der Waals surface area contributed by atoms with Crippen LogP contribution in [-0.2, 0) is 37.3 Å². The van der Waals surface area contributed by atoms with Gasteiger partial charge in [-0.25, -0.2) is 8.42 Å². The molecule has 2 heterocycles. The van der Waals surface area contributed by atoms with E-state index in [1.165, 1.54) is 10.4 Å². The number of nitrogens with zero attached hydrogens (tertiary/aromatic N) is 2. The molecule has 0 aromatic heterocycles. The van der Waals surface area contributed by atoms with Crippen LogP contribution in [0.25, 0.3) is 0 Å². The number of benzene rings is 2. The average molecular weight is 500 g/mol. The topological polar surface area (TPSA) is 96.0 Å². The number of carbonyl (C=O) groups excluding carboxylic acids is 2. The van der Waals surface area contributed by atoms with E-state index in [9.17, 15) is 18.0 Å². The molecular weight excluding hydrogens is 466 g/mol. The van der Waals surface area contributed by atoms with Gasteiger partial charge in [0, 0.05) is 38.2 Å². The maximum absolute atomic E-state index is 13.4. The molecule has 1 fully saturated rings. The number of sulfonamides is 1. The average Bonchev–Trinajstić information content (AvgIpc) is 2.84. The third-order valence-corrected chi connectivity index (χ3v) is 8.54. The van der Waals surface area contributed by atoms with Crippen molar-refractivity contribution >= 4 is 27.5 Å². The molecule has 0 aliphatic carbocycles. The van der Waals surface area contributed by atoms with Gasteiger partial charge in [0.05, 0.1) is 18.1 Å². The Labute approximate surface area is 207 Å². The number of carbonyl (C=O) groups is 2. The molecule has 8 nitrogen and oxygen atoms in total. The third-order valence-electron chi connectivity index (χ3n) is 6.50. The van der Waals surface area contributed by atoms with Crippen molar-refractivity contribution in [3.05, 3.63) is 59.2 Å². The summed E-state index contributed by atoms with van der Waals surface area (Å²) in [7, 11) is -3.72. The van der Waals surface area contributed by atoms with Gasteiger partial charge in [0.1, 0.15) is 6.04 Å². The number of hydrogen-bond acceptors (Lipinski definition) is 5. The Morgan fingerprint density at radius 2 is 1.77 bits per heavy atom. The van der Waals surface area contributed by atoms with E-state index in [-0.39, 0.29) is 22.6 Å². The molecule has 2 amide bonds. The molecule has 1 unspecified atom stereocenters. The minimum absolute atomic E-state index is 0.0610. The van der Waals surface area contributed by atoms with Crippen LogP contribution in [-0.4, -0.2) is 61.8 Å². The molecule has 0 spiro atoms. The Morgan fingerprint density at radius 3 is 2.46 bits per heavy atom. The van der Waals surface area contributed by atoms with Crippen LogP contribution in [0.1, 0.15) is 37.0 Å². The summed E-state index contributed by atoms with van der Waals surface area (Å²) >= 11 is 0. The molecule has 1 N–H and O–H groups in total. The summed E-state index contributed by atoms with van der Waals surface area (Å²) in [4.78, 5) is 28.3. The van der Waals surface area contributed by atoms with Crippen molar-refractivity contribution in [3.8, 4) is 0 Å². The van der Waals surface area contributed by atoms with Gasteiger partial charge in [-0.1, -0.05) is 44.2 Å². The van der Waals surface area contributed by atoms with Crippen molar-refractivity contribution in [2.24, 2.45) is 5.92 Å². The second kappa shape index (κ2) is 10.5. The summed E-state index contributed by atoms with van der Waals surface area (Å²) in [6, 6.07) is 12.1. The molecule has 1 atom stereocenters. The van der Waals surface area contributed by atoms with E-state index in [1.54, 1.807) is 24.0 Å². The lowest BCUT2D eigenvalue weighted by Gasteiger charge is -2.36. The number of hydrogen-bond donors (Lipinski definition) is 1. The molecule has 35 heavy (non-hydrogen) atoms. The number of aryl methyl sites for hydroxylation is 1. The van der Waals surface area contributed by atoms with E-state index in [4.69, 9.17) is 4.74 Å². The normalized spacial score (nSPS) is 18.9. The van der Waals surface area contributed by atoms with Gasteiger partial charge in [0.25, 0.3) is 0 Å². The smallest absolute Gasteiger partial charge is 0.247 e. The van der Waals surface area contributed by atoms with E-state index in [0.717, 1.165) is 11.1 Å². The zero-order valence-corrected chi connectivity index (χ0v) is 21.3. The zero-order chi connectivity index (χ0) is 25.2. The van der Waals surface area contributed by atoms with E-state index in [2.05, 4.69) is 5.32 Å². The Morgan fingerprint density at radius 1 is 1.09 bits per heavy atom. The molecule has 188 valence electrons. The van der Waals surface area contributed by atoms with E-state index in [1.807, 2.05) is 38.1 Å². The second-order valence-electron chi connectivity index (χ2n) is 9.59. The highest BCUT2D eigenvalue weighted by molar-refractivity contribution is 7.89. The first-order valence-corrected chi connectivity index (χ1v) is 13.5. The highest BCUT2D eigenvalue weighted by atomic mass is 32.2. The molecule has 0 bridgehead atoms. The van der Waals surface area contributed by atoms with Gasteiger partial charge in [0.15, 0.2) is 0 Å². The quantitative estimate of drug-likeness (QED) is 0.659. The minimum atomic E-state index is -3.72. The van der Waals surface area contributed by atoms with Crippen molar-refractivity contribution in [1.82, 2.24) is 9.21 Å². The number of rotatable bonds is 6. The molecule has 2 aliphatic heterocycles. The lowest BCUT2D eigenvalue weighted by molar-refractivity contribution is -0.140. The maximum atomic E-state index is 13.4. The fourth-order valence-electron chi connectivity index (χ4n) is 4.59. The molecule has 2 aromatic carbocycles. The number of morpholine rings is 1. The van der Waals surface area contributed by atoms with Gasteiger partial charge in [-0.15, -0.1) is 0 Å². The predicted molar refractivity (Wildman–Crippen MR) is 133 cm³/mol. The summed E-state index contributed by atoms with van der Waals surface area (Å²) in [6.07, 6.45) is 0.773. The first kappa shape index (κ1) is 25.3. The first-order valence-electron chi connectivity index (χ1n) is 12.0. The van der Waals surface area contributed by atoms with Crippen molar-refractivity contribution in [2.75, 3.05) is 31.6 Å². The molecule has 0 radical (unpaired) electrons. The summed E-state index contributed by atoms with van der Waals surface area (Å²) in [5.41, 5.74) is 3.08. The predicted octanol–water partition coefficient (Wildman–Crippen LogP) is 2.95. The second-order valence-corrected chi connectivity index (χ2v) is 11.5. The first-order chi connectivity index (χ1) is 16.7.